The lowest BCUT2D eigenvalue weighted by atomic mass is 10.1. The van der Waals surface area contributed by atoms with Gasteiger partial charge >= 0.3 is 0 Å². The molecular formula is C13H17Cl2NO2. The number of carbonyl (C=O) groups excluding carboxylic acids is 1. The maximum absolute atomic E-state index is 11.9. The second-order valence-corrected chi connectivity index (χ2v) is 4.73. The Morgan fingerprint density at radius 1 is 1.28 bits per heavy atom. The molecule has 1 aromatic carbocycles. The average molecular weight is 290 g/mol. The highest BCUT2D eigenvalue weighted by molar-refractivity contribution is 6.30. The number of halogens is 2. The van der Waals surface area contributed by atoms with E-state index < -0.39 is 0 Å². The summed E-state index contributed by atoms with van der Waals surface area (Å²) >= 11 is 11.3. The van der Waals surface area contributed by atoms with E-state index in [2.05, 4.69) is 0 Å². The van der Waals surface area contributed by atoms with Crippen LogP contribution in [-0.2, 0) is 16.0 Å². The van der Waals surface area contributed by atoms with Crippen molar-refractivity contribution in [3.05, 3.63) is 34.9 Å². The van der Waals surface area contributed by atoms with Crippen molar-refractivity contribution in [1.29, 1.82) is 0 Å². The Morgan fingerprint density at radius 2 is 1.94 bits per heavy atom. The van der Waals surface area contributed by atoms with Gasteiger partial charge in [0.25, 0.3) is 0 Å². The quantitative estimate of drug-likeness (QED) is 0.570. The summed E-state index contributed by atoms with van der Waals surface area (Å²) in [5, 5.41) is 0.675. The summed E-state index contributed by atoms with van der Waals surface area (Å²) in [7, 11) is 1.77. The van der Waals surface area contributed by atoms with Gasteiger partial charge in [-0.3, -0.25) is 4.79 Å². The van der Waals surface area contributed by atoms with Gasteiger partial charge in [-0.25, -0.2) is 0 Å². The molecule has 1 rings (SSSR count). The van der Waals surface area contributed by atoms with Crippen LogP contribution in [0.25, 0.3) is 0 Å². The third-order valence-electron chi connectivity index (χ3n) is 2.49. The van der Waals surface area contributed by atoms with Gasteiger partial charge in [-0.15, -0.1) is 11.6 Å². The van der Waals surface area contributed by atoms with Crippen LogP contribution in [0.3, 0.4) is 0 Å². The van der Waals surface area contributed by atoms with E-state index in [0.29, 0.717) is 37.1 Å². The summed E-state index contributed by atoms with van der Waals surface area (Å²) in [6, 6.07) is 7.29. The van der Waals surface area contributed by atoms with Crippen LogP contribution >= 0.6 is 23.2 Å². The van der Waals surface area contributed by atoms with Crippen molar-refractivity contribution in [2.45, 2.75) is 6.42 Å². The fraction of sp³-hybridized carbons (Fsp3) is 0.462. The zero-order valence-corrected chi connectivity index (χ0v) is 11.9. The molecule has 0 saturated carbocycles. The van der Waals surface area contributed by atoms with E-state index in [1.807, 2.05) is 12.1 Å². The molecule has 0 heterocycles. The Kier molecular flexibility index (Phi) is 7.09. The number of hydrogen-bond acceptors (Lipinski definition) is 2. The van der Waals surface area contributed by atoms with Gasteiger partial charge < -0.3 is 9.64 Å². The SMILES string of the molecule is CN(CCOCCCl)C(=O)Cc1ccc(Cl)cc1. The highest BCUT2D eigenvalue weighted by atomic mass is 35.5. The predicted octanol–water partition coefficient (Wildman–Crippen LogP) is 2.60. The van der Waals surface area contributed by atoms with Gasteiger partial charge in [0.15, 0.2) is 0 Å². The fourth-order valence-electron chi connectivity index (χ4n) is 1.39. The van der Waals surface area contributed by atoms with Crippen LogP contribution < -0.4 is 0 Å². The molecular weight excluding hydrogens is 273 g/mol. The number of benzene rings is 1. The molecule has 5 heteroatoms. The molecule has 0 saturated heterocycles. The average Bonchev–Trinajstić information content (AvgIpc) is 2.37. The van der Waals surface area contributed by atoms with Crippen molar-refractivity contribution in [2.75, 3.05) is 32.7 Å². The van der Waals surface area contributed by atoms with Crippen LogP contribution in [0.15, 0.2) is 24.3 Å². The van der Waals surface area contributed by atoms with Crippen LogP contribution in [-0.4, -0.2) is 43.5 Å². The van der Waals surface area contributed by atoms with Gasteiger partial charge in [0.1, 0.15) is 0 Å². The monoisotopic (exact) mass is 289 g/mol. The molecule has 0 N–H and O–H groups in total. The predicted molar refractivity (Wildman–Crippen MR) is 74.3 cm³/mol. The van der Waals surface area contributed by atoms with E-state index in [1.54, 1.807) is 24.1 Å². The smallest absolute Gasteiger partial charge is 0.226 e. The van der Waals surface area contributed by atoms with Crippen molar-refractivity contribution < 1.29 is 9.53 Å². The largest absolute Gasteiger partial charge is 0.378 e. The number of hydrogen-bond donors (Lipinski definition) is 0. The summed E-state index contributed by atoms with van der Waals surface area (Å²) in [6.45, 7) is 1.60. The van der Waals surface area contributed by atoms with E-state index in [1.165, 1.54) is 0 Å². The van der Waals surface area contributed by atoms with Crippen LogP contribution in [0.2, 0.25) is 5.02 Å². The fourth-order valence-corrected chi connectivity index (χ4v) is 1.63. The first-order valence-electron chi connectivity index (χ1n) is 5.75. The second-order valence-electron chi connectivity index (χ2n) is 3.92. The minimum Gasteiger partial charge on any atom is -0.378 e. The zero-order chi connectivity index (χ0) is 13.4. The van der Waals surface area contributed by atoms with Gasteiger partial charge in [-0.2, -0.15) is 0 Å². The first kappa shape index (κ1) is 15.3. The Balaban J connectivity index is 2.33. The molecule has 0 aliphatic rings. The van der Waals surface area contributed by atoms with Gasteiger partial charge in [0.2, 0.25) is 5.91 Å². The molecule has 0 aliphatic carbocycles. The standard InChI is InChI=1S/C13H17Cl2NO2/c1-16(7-9-18-8-6-14)13(17)10-11-2-4-12(15)5-3-11/h2-5H,6-10H2,1H3. The molecule has 0 radical (unpaired) electrons. The molecule has 0 fully saturated rings. The Labute approximate surface area is 118 Å². The molecule has 0 unspecified atom stereocenters. The molecule has 0 aromatic heterocycles. The van der Waals surface area contributed by atoms with Gasteiger partial charge in [-0.1, -0.05) is 23.7 Å². The summed E-state index contributed by atoms with van der Waals surface area (Å²) in [5.41, 5.74) is 0.956. The van der Waals surface area contributed by atoms with Gasteiger partial charge in [0, 0.05) is 24.5 Å². The normalized spacial score (nSPS) is 10.4. The van der Waals surface area contributed by atoms with Crippen LogP contribution in [0, 0.1) is 0 Å². The molecule has 0 bridgehead atoms. The number of rotatable bonds is 7. The van der Waals surface area contributed by atoms with E-state index >= 15 is 0 Å². The Hall–Kier alpha value is -0.770. The molecule has 3 nitrogen and oxygen atoms in total. The summed E-state index contributed by atoms with van der Waals surface area (Å²) in [6.07, 6.45) is 0.378. The van der Waals surface area contributed by atoms with Crippen LogP contribution in [0.5, 0.6) is 0 Å². The number of amides is 1. The molecule has 1 aromatic rings. The highest BCUT2D eigenvalue weighted by Crippen LogP contribution is 2.10. The minimum absolute atomic E-state index is 0.0618. The molecule has 100 valence electrons. The first-order chi connectivity index (χ1) is 8.63. The summed E-state index contributed by atoms with van der Waals surface area (Å²) < 4.78 is 5.23. The maximum Gasteiger partial charge on any atom is 0.226 e. The van der Waals surface area contributed by atoms with E-state index in [9.17, 15) is 4.79 Å². The third-order valence-corrected chi connectivity index (χ3v) is 2.89. The zero-order valence-electron chi connectivity index (χ0n) is 10.4. The van der Waals surface area contributed by atoms with E-state index in [0.717, 1.165) is 5.56 Å². The number of likely N-dealkylation sites (N-methyl/N-ethyl adjacent to an activating group) is 1. The molecule has 0 aliphatic heterocycles. The first-order valence-corrected chi connectivity index (χ1v) is 6.67. The lowest BCUT2D eigenvalue weighted by molar-refractivity contribution is -0.129. The third kappa shape index (κ3) is 5.71. The molecule has 1 amide bonds. The van der Waals surface area contributed by atoms with Crippen molar-refractivity contribution in [2.24, 2.45) is 0 Å². The van der Waals surface area contributed by atoms with E-state index in [-0.39, 0.29) is 5.91 Å². The Morgan fingerprint density at radius 3 is 2.56 bits per heavy atom. The number of nitrogens with zero attached hydrogens (tertiary/aromatic N) is 1. The maximum atomic E-state index is 11.9. The number of alkyl halides is 1. The molecule has 0 spiro atoms. The van der Waals surface area contributed by atoms with Crippen molar-refractivity contribution in [3.63, 3.8) is 0 Å². The molecule has 18 heavy (non-hydrogen) atoms. The lowest BCUT2D eigenvalue weighted by Gasteiger charge is -2.17. The van der Waals surface area contributed by atoms with Gasteiger partial charge in [-0.05, 0) is 17.7 Å². The number of ether oxygens (including phenoxy) is 1. The second kappa shape index (κ2) is 8.35. The van der Waals surface area contributed by atoms with E-state index in [4.69, 9.17) is 27.9 Å². The van der Waals surface area contributed by atoms with Gasteiger partial charge in [0.05, 0.1) is 19.6 Å². The Bertz CT molecular complexity index is 368. The van der Waals surface area contributed by atoms with Crippen molar-refractivity contribution in [3.8, 4) is 0 Å². The number of carbonyl (C=O) groups is 1. The van der Waals surface area contributed by atoms with Crippen LogP contribution in [0.4, 0.5) is 0 Å². The lowest BCUT2D eigenvalue weighted by Crippen LogP contribution is -2.31. The topological polar surface area (TPSA) is 29.5 Å². The molecule has 0 atom stereocenters. The van der Waals surface area contributed by atoms with Crippen molar-refractivity contribution >= 4 is 29.1 Å². The highest BCUT2D eigenvalue weighted by Gasteiger charge is 2.09. The summed E-state index contributed by atoms with van der Waals surface area (Å²) in [5.74, 6) is 0.536. The minimum atomic E-state index is 0.0618. The summed E-state index contributed by atoms with van der Waals surface area (Å²) in [4.78, 5) is 13.5. The van der Waals surface area contributed by atoms with Crippen LogP contribution in [0.1, 0.15) is 5.56 Å². The van der Waals surface area contributed by atoms with Crippen molar-refractivity contribution in [1.82, 2.24) is 4.90 Å².